The lowest BCUT2D eigenvalue weighted by molar-refractivity contribution is 0.0955. The molecular formula is C17H34N2O. The van der Waals surface area contributed by atoms with E-state index in [9.17, 15) is 5.11 Å². The SMILES string of the molecule is CCNC1(CO)CCCC1CCN1CC(C)CC(C)C1. The van der Waals surface area contributed by atoms with E-state index in [0.717, 1.165) is 24.8 Å². The molecule has 1 saturated heterocycles. The first-order valence-electron chi connectivity index (χ1n) is 8.68. The zero-order chi connectivity index (χ0) is 14.6. The van der Waals surface area contributed by atoms with Crippen molar-refractivity contribution in [1.82, 2.24) is 10.2 Å². The molecule has 1 aliphatic heterocycles. The second-order valence-corrected chi connectivity index (χ2v) is 7.43. The van der Waals surface area contributed by atoms with Crippen molar-refractivity contribution in [3.63, 3.8) is 0 Å². The van der Waals surface area contributed by atoms with Gasteiger partial charge >= 0.3 is 0 Å². The Morgan fingerprint density at radius 1 is 1.25 bits per heavy atom. The quantitative estimate of drug-likeness (QED) is 0.786. The summed E-state index contributed by atoms with van der Waals surface area (Å²) in [4.78, 5) is 2.66. The smallest absolute Gasteiger partial charge is 0.0616 e. The molecule has 2 aliphatic rings. The summed E-state index contributed by atoms with van der Waals surface area (Å²) in [6, 6.07) is 0. The normalized spacial score (nSPS) is 39.3. The summed E-state index contributed by atoms with van der Waals surface area (Å²) in [6.45, 7) is 11.9. The van der Waals surface area contributed by atoms with Crippen molar-refractivity contribution in [3.05, 3.63) is 0 Å². The second-order valence-electron chi connectivity index (χ2n) is 7.43. The van der Waals surface area contributed by atoms with Crippen molar-refractivity contribution in [1.29, 1.82) is 0 Å². The van der Waals surface area contributed by atoms with Gasteiger partial charge < -0.3 is 15.3 Å². The molecule has 3 nitrogen and oxygen atoms in total. The van der Waals surface area contributed by atoms with Crippen molar-refractivity contribution >= 4 is 0 Å². The van der Waals surface area contributed by atoms with Gasteiger partial charge in [-0.15, -0.1) is 0 Å². The number of likely N-dealkylation sites (tertiary alicyclic amines) is 1. The third-order valence-corrected chi connectivity index (χ3v) is 5.51. The van der Waals surface area contributed by atoms with E-state index in [-0.39, 0.29) is 5.54 Å². The molecule has 4 atom stereocenters. The number of rotatable bonds is 6. The zero-order valence-corrected chi connectivity index (χ0v) is 13.7. The standard InChI is InChI=1S/C17H34N2O/c1-4-18-17(13-20)8-5-6-16(17)7-9-19-11-14(2)10-15(3)12-19/h14-16,18,20H,4-13H2,1-3H3. The van der Waals surface area contributed by atoms with Crippen LogP contribution < -0.4 is 5.32 Å². The minimum Gasteiger partial charge on any atom is -0.394 e. The summed E-state index contributed by atoms with van der Waals surface area (Å²) in [5.74, 6) is 2.34. The summed E-state index contributed by atoms with van der Waals surface area (Å²) < 4.78 is 0. The van der Waals surface area contributed by atoms with Gasteiger partial charge in [0.25, 0.3) is 0 Å². The number of aliphatic hydroxyl groups excluding tert-OH is 1. The molecule has 118 valence electrons. The molecule has 1 saturated carbocycles. The van der Waals surface area contributed by atoms with E-state index in [4.69, 9.17) is 0 Å². The van der Waals surface area contributed by atoms with Crippen LogP contribution in [-0.4, -0.2) is 48.3 Å². The number of hydrogen-bond donors (Lipinski definition) is 2. The van der Waals surface area contributed by atoms with E-state index in [0.29, 0.717) is 12.5 Å². The minimum absolute atomic E-state index is 0.0156. The van der Waals surface area contributed by atoms with Crippen LogP contribution in [-0.2, 0) is 0 Å². The first-order valence-corrected chi connectivity index (χ1v) is 8.68. The van der Waals surface area contributed by atoms with E-state index >= 15 is 0 Å². The molecular weight excluding hydrogens is 248 g/mol. The van der Waals surface area contributed by atoms with Gasteiger partial charge in [0.15, 0.2) is 0 Å². The van der Waals surface area contributed by atoms with Crippen LogP contribution in [0.2, 0.25) is 0 Å². The molecule has 0 amide bonds. The highest BCUT2D eigenvalue weighted by atomic mass is 16.3. The van der Waals surface area contributed by atoms with E-state index in [1.165, 1.54) is 45.3 Å². The van der Waals surface area contributed by atoms with Crippen LogP contribution in [0.25, 0.3) is 0 Å². The number of piperidine rings is 1. The number of aliphatic hydroxyl groups is 1. The fraction of sp³-hybridized carbons (Fsp3) is 1.00. The highest BCUT2D eigenvalue weighted by Gasteiger charge is 2.41. The maximum atomic E-state index is 9.86. The zero-order valence-electron chi connectivity index (χ0n) is 13.7. The summed E-state index contributed by atoms with van der Waals surface area (Å²) in [5, 5.41) is 13.5. The summed E-state index contributed by atoms with van der Waals surface area (Å²) in [7, 11) is 0. The molecule has 2 N–H and O–H groups in total. The molecule has 0 aromatic carbocycles. The average molecular weight is 282 g/mol. The average Bonchev–Trinajstić information content (AvgIpc) is 2.79. The molecule has 2 rings (SSSR count). The van der Waals surface area contributed by atoms with Crippen molar-refractivity contribution in [2.75, 3.05) is 32.8 Å². The molecule has 1 heterocycles. The van der Waals surface area contributed by atoms with Gasteiger partial charge in [-0.2, -0.15) is 0 Å². The predicted molar refractivity (Wildman–Crippen MR) is 84.8 cm³/mol. The largest absolute Gasteiger partial charge is 0.394 e. The monoisotopic (exact) mass is 282 g/mol. The Labute approximate surface area is 125 Å². The molecule has 0 aromatic rings. The van der Waals surface area contributed by atoms with Gasteiger partial charge in [0.05, 0.1) is 6.61 Å². The van der Waals surface area contributed by atoms with E-state index in [1.807, 2.05) is 0 Å². The van der Waals surface area contributed by atoms with Crippen LogP contribution in [0, 0.1) is 17.8 Å². The van der Waals surface area contributed by atoms with E-state index in [2.05, 4.69) is 31.0 Å². The number of nitrogens with zero attached hydrogens (tertiary/aromatic N) is 1. The van der Waals surface area contributed by atoms with Gasteiger partial charge in [-0.25, -0.2) is 0 Å². The minimum atomic E-state index is 0.0156. The van der Waals surface area contributed by atoms with Crippen LogP contribution in [0.3, 0.4) is 0 Å². The molecule has 1 aliphatic carbocycles. The third-order valence-electron chi connectivity index (χ3n) is 5.51. The molecule has 0 bridgehead atoms. The Bertz CT molecular complexity index is 287. The Morgan fingerprint density at radius 3 is 2.55 bits per heavy atom. The van der Waals surface area contributed by atoms with Gasteiger partial charge in [0.1, 0.15) is 0 Å². The summed E-state index contributed by atoms with van der Waals surface area (Å²) in [6.07, 6.45) is 6.33. The van der Waals surface area contributed by atoms with Crippen molar-refractivity contribution < 1.29 is 5.11 Å². The Balaban J connectivity index is 1.86. The van der Waals surface area contributed by atoms with Crippen LogP contribution in [0.1, 0.15) is 52.9 Å². The maximum Gasteiger partial charge on any atom is 0.0616 e. The number of likely N-dealkylation sites (N-methyl/N-ethyl adjacent to an activating group) is 1. The van der Waals surface area contributed by atoms with Crippen molar-refractivity contribution in [2.45, 2.75) is 58.4 Å². The van der Waals surface area contributed by atoms with Crippen LogP contribution in [0.15, 0.2) is 0 Å². The summed E-state index contributed by atoms with van der Waals surface area (Å²) >= 11 is 0. The molecule has 2 fully saturated rings. The van der Waals surface area contributed by atoms with Gasteiger partial charge in [0, 0.05) is 18.6 Å². The lowest BCUT2D eigenvalue weighted by Crippen LogP contribution is -2.52. The predicted octanol–water partition coefficient (Wildman–Crippen LogP) is 2.50. The maximum absolute atomic E-state index is 9.86. The molecule has 3 heteroatoms. The van der Waals surface area contributed by atoms with Crippen LogP contribution >= 0.6 is 0 Å². The van der Waals surface area contributed by atoms with Gasteiger partial charge in [0.2, 0.25) is 0 Å². The highest BCUT2D eigenvalue weighted by Crippen LogP contribution is 2.38. The van der Waals surface area contributed by atoms with Gasteiger partial charge in [-0.05, 0) is 56.5 Å². The highest BCUT2D eigenvalue weighted by molar-refractivity contribution is 4.99. The molecule has 20 heavy (non-hydrogen) atoms. The topological polar surface area (TPSA) is 35.5 Å². The number of nitrogens with one attached hydrogen (secondary N) is 1. The molecule has 0 radical (unpaired) electrons. The molecule has 0 aromatic heterocycles. The number of hydrogen-bond acceptors (Lipinski definition) is 3. The first-order chi connectivity index (χ1) is 9.59. The van der Waals surface area contributed by atoms with Crippen LogP contribution in [0.5, 0.6) is 0 Å². The van der Waals surface area contributed by atoms with E-state index in [1.54, 1.807) is 0 Å². The van der Waals surface area contributed by atoms with Crippen molar-refractivity contribution in [3.8, 4) is 0 Å². The lowest BCUT2D eigenvalue weighted by Gasteiger charge is -2.38. The molecule has 4 unspecified atom stereocenters. The summed E-state index contributed by atoms with van der Waals surface area (Å²) in [5.41, 5.74) is 0.0156. The molecule has 0 spiro atoms. The van der Waals surface area contributed by atoms with E-state index < -0.39 is 0 Å². The van der Waals surface area contributed by atoms with Gasteiger partial charge in [-0.1, -0.05) is 27.2 Å². The Hall–Kier alpha value is -0.120. The Kier molecular flexibility index (Phi) is 5.88. The third kappa shape index (κ3) is 3.75. The second kappa shape index (κ2) is 7.24. The Morgan fingerprint density at radius 2 is 1.95 bits per heavy atom. The fourth-order valence-electron chi connectivity index (χ4n) is 4.73. The first kappa shape index (κ1) is 16.3. The van der Waals surface area contributed by atoms with Crippen molar-refractivity contribution in [2.24, 2.45) is 17.8 Å². The fourth-order valence-corrected chi connectivity index (χ4v) is 4.73. The van der Waals surface area contributed by atoms with Crippen LogP contribution in [0.4, 0.5) is 0 Å². The lowest BCUT2D eigenvalue weighted by atomic mass is 9.84. The van der Waals surface area contributed by atoms with Gasteiger partial charge in [-0.3, -0.25) is 0 Å².